The van der Waals surface area contributed by atoms with E-state index in [0.717, 1.165) is 12.8 Å². The summed E-state index contributed by atoms with van der Waals surface area (Å²) in [6, 6.07) is 5.52. The second-order valence-corrected chi connectivity index (χ2v) is 5.73. The molecule has 0 aliphatic heterocycles. The molecule has 6 nitrogen and oxygen atoms in total. The second-order valence-electron chi connectivity index (χ2n) is 5.73. The van der Waals surface area contributed by atoms with Gasteiger partial charge in [0.25, 0.3) is 5.91 Å². The zero-order valence-electron chi connectivity index (χ0n) is 13.1. The van der Waals surface area contributed by atoms with Crippen molar-refractivity contribution < 1.29 is 18.4 Å². The number of rotatable bonds is 7. The number of nitrogens with zero attached hydrogens (tertiary/aromatic N) is 1. The molecule has 2 amide bonds. The van der Waals surface area contributed by atoms with Crippen molar-refractivity contribution in [3.63, 3.8) is 0 Å². The summed E-state index contributed by atoms with van der Waals surface area (Å²) >= 11 is 0. The standard InChI is InChI=1S/C17H20N2O4/c1-12-15(7-10-22-12)17(21)19(13-4-5-13)8-6-16(20)18-11-14-3-2-9-23-14/h2-3,7,9-10,13H,4-6,8,11H2,1H3,(H,18,20). The third-order valence-corrected chi connectivity index (χ3v) is 3.96. The average Bonchev–Trinajstić information content (AvgIpc) is 3.07. The van der Waals surface area contributed by atoms with Crippen LogP contribution in [0.3, 0.4) is 0 Å². The average molecular weight is 316 g/mol. The molecule has 1 saturated carbocycles. The van der Waals surface area contributed by atoms with Gasteiger partial charge in [-0.15, -0.1) is 0 Å². The van der Waals surface area contributed by atoms with E-state index in [2.05, 4.69) is 5.32 Å². The van der Waals surface area contributed by atoms with Crippen molar-refractivity contribution in [2.24, 2.45) is 0 Å². The predicted octanol–water partition coefficient (Wildman–Crippen LogP) is 2.49. The molecule has 2 heterocycles. The maximum atomic E-state index is 12.6. The van der Waals surface area contributed by atoms with Gasteiger partial charge in [0.1, 0.15) is 11.5 Å². The van der Waals surface area contributed by atoms with E-state index in [-0.39, 0.29) is 24.3 Å². The lowest BCUT2D eigenvalue weighted by molar-refractivity contribution is -0.121. The van der Waals surface area contributed by atoms with Crippen molar-refractivity contribution in [3.05, 3.63) is 47.8 Å². The lowest BCUT2D eigenvalue weighted by atomic mass is 10.2. The molecule has 0 atom stereocenters. The molecule has 0 spiro atoms. The van der Waals surface area contributed by atoms with E-state index in [4.69, 9.17) is 8.83 Å². The first-order valence-electron chi connectivity index (χ1n) is 7.79. The minimum absolute atomic E-state index is 0.0578. The molecular formula is C17H20N2O4. The van der Waals surface area contributed by atoms with Gasteiger partial charge in [0.15, 0.2) is 0 Å². The molecule has 0 saturated heterocycles. The van der Waals surface area contributed by atoms with E-state index in [1.165, 1.54) is 6.26 Å². The lowest BCUT2D eigenvalue weighted by Crippen LogP contribution is -2.36. The van der Waals surface area contributed by atoms with Crippen molar-refractivity contribution in [1.29, 1.82) is 0 Å². The monoisotopic (exact) mass is 316 g/mol. The van der Waals surface area contributed by atoms with Crippen molar-refractivity contribution in [2.45, 2.75) is 38.8 Å². The second kappa shape index (κ2) is 6.73. The van der Waals surface area contributed by atoms with Crippen molar-refractivity contribution in [1.82, 2.24) is 10.2 Å². The zero-order valence-corrected chi connectivity index (χ0v) is 13.1. The smallest absolute Gasteiger partial charge is 0.257 e. The molecule has 122 valence electrons. The van der Waals surface area contributed by atoms with Gasteiger partial charge in [-0.05, 0) is 38.0 Å². The van der Waals surface area contributed by atoms with E-state index in [9.17, 15) is 9.59 Å². The molecule has 6 heteroatoms. The normalized spacial score (nSPS) is 13.8. The van der Waals surface area contributed by atoms with E-state index < -0.39 is 0 Å². The third-order valence-electron chi connectivity index (χ3n) is 3.96. The fraction of sp³-hybridized carbons (Fsp3) is 0.412. The van der Waals surface area contributed by atoms with Gasteiger partial charge < -0.3 is 19.1 Å². The summed E-state index contributed by atoms with van der Waals surface area (Å²) in [4.78, 5) is 26.3. The molecule has 1 aliphatic rings. The molecule has 0 aromatic carbocycles. The van der Waals surface area contributed by atoms with Gasteiger partial charge in [-0.3, -0.25) is 9.59 Å². The van der Waals surface area contributed by atoms with E-state index in [0.29, 0.717) is 30.2 Å². The Morgan fingerprint density at radius 1 is 1.26 bits per heavy atom. The summed E-state index contributed by atoms with van der Waals surface area (Å²) in [5, 5.41) is 2.80. The summed E-state index contributed by atoms with van der Waals surface area (Å²) in [5.41, 5.74) is 0.577. The fourth-order valence-electron chi connectivity index (χ4n) is 2.51. The highest BCUT2D eigenvalue weighted by atomic mass is 16.3. The summed E-state index contributed by atoms with van der Waals surface area (Å²) in [7, 11) is 0. The molecule has 1 fully saturated rings. The summed E-state index contributed by atoms with van der Waals surface area (Å²) in [6.07, 6.45) is 5.36. The highest BCUT2D eigenvalue weighted by Crippen LogP contribution is 2.29. The van der Waals surface area contributed by atoms with Gasteiger partial charge in [-0.25, -0.2) is 0 Å². The molecule has 0 unspecified atom stereocenters. The molecule has 0 radical (unpaired) electrons. The Kier molecular flexibility index (Phi) is 4.50. The SMILES string of the molecule is Cc1occc1C(=O)N(CCC(=O)NCc1ccco1)C1CC1. The molecule has 1 N–H and O–H groups in total. The first-order valence-corrected chi connectivity index (χ1v) is 7.79. The Bertz CT molecular complexity index is 671. The van der Waals surface area contributed by atoms with Crippen LogP contribution in [0, 0.1) is 6.92 Å². The van der Waals surface area contributed by atoms with Crippen LogP contribution in [0.25, 0.3) is 0 Å². The van der Waals surface area contributed by atoms with Gasteiger partial charge in [0.2, 0.25) is 5.91 Å². The number of carbonyl (C=O) groups excluding carboxylic acids is 2. The Balaban J connectivity index is 1.52. The van der Waals surface area contributed by atoms with Crippen molar-refractivity contribution >= 4 is 11.8 Å². The Morgan fingerprint density at radius 3 is 2.70 bits per heavy atom. The minimum atomic E-state index is -0.0937. The van der Waals surface area contributed by atoms with Crippen molar-refractivity contribution in [3.8, 4) is 0 Å². The van der Waals surface area contributed by atoms with Crippen LogP contribution in [0.2, 0.25) is 0 Å². The van der Waals surface area contributed by atoms with Gasteiger partial charge in [-0.2, -0.15) is 0 Å². The molecule has 23 heavy (non-hydrogen) atoms. The first kappa shape index (κ1) is 15.4. The highest BCUT2D eigenvalue weighted by molar-refractivity contribution is 5.95. The highest BCUT2D eigenvalue weighted by Gasteiger charge is 2.34. The minimum Gasteiger partial charge on any atom is -0.469 e. The number of aryl methyl sites for hydroxylation is 1. The lowest BCUT2D eigenvalue weighted by Gasteiger charge is -2.21. The third kappa shape index (κ3) is 3.83. The quantitative estimate of drug-likeness (QED) is 0.851. The number of hydrogen-bond donors (Lipinski definition) is 1. The van der Waals surface area contributed by atoms with E-state index >= 15 is 0 Å². The Labute approximate surface area is 134 Å². The number of furan rings is 2. The van der Waals surface area contributed by atoms with Crippen LogP contribution in [0.4, 0.5) is 0 Å². The van der Waals surface area contributed by atoms with Crippen LogP contribution in [-0.4, -0.2) is 29.3 Å². The number of amides is 2. The summed E-state index contributed by atoms with van der Waals surface area (Å²) in [5.74, 6) is 1.17. The topological polar surface area (TPSA) is 75.7 Å². The zero-order chi connectivity index (χ0) is 16.2. The Hall–Kier alpha value is -2.50. The maximum absolute atomic E-state index is 12.6. The Morgan fingerprint density at radius 2 is 2.09 bits per heavy atom. The number of hydrogen-bond acceptors (Lipinski definition) is 4. The molecule has 3 rings (SSSR count). The molecule has 2 aromatic rings. The van der Waals surface area contributed by atoms with E-state index in [1.54, 1.807) is 30.2 Å². The molecule has 1 aliphatic carbocycles. The van der Waals surface area contributed by atoms with E-state index in [1.807, 2.05) is 6.07 Å². The first-order chi connectivity index (χ1) is 11.1. The molecule has 2 aromatic heterocycles. The van der Waals surface area contributed by atoms with Crippen LogP contribution in [0.1, 0.15) is 41.1 Å². The number of nitrogens with one attached hydrogen (secondary N) is 1. The van der Waals surface area contributed by atoms with Crippen LogP contribution >= 0.6 is 0 Å². The molecule has 0 bridgehead atoms. The van der Waals surface area contributed by atoms with Gasteiger partial charge in [0.05, 0.1) is 24.6 Å². The summed E-state index contributed by atoms with van der Waals surface area (Å²) < 4.78 is 10.4. The van der Waals surface area contributed by atoms with Crippen molar-refractivity contribution in [2.75, 3.05) is 6.54 Å². The fourth-order valence-corrected chi connectivity index (χ4v) is 2.51. The van der Waals surface area contributed by atoms with Crippen LogP contribution in [0.5, 0.6) is 0 Å². The molecular weight excluding hydrogens is 296 g/mol. The maximum Gasteiger partial charge on any atom is 0.257 e. The largest absolute Gasteiger partial charge is 0.469 e. The van der Waals surface area contributed by atoms with Gasteiger partial charge in [0, 0.05) is 19.0 Å². The van der Waals surface area contributed by atoms with Crippen LogP contribution in [-0.2, 0) is 11.3 Å². The van der Waals surface area contributed by atoms with Gasteiger partial charge in [-0.1, -0.05) is 0 Å². The predicted molar refractivity (Wildman–Crippen MR) is 82.7 cm³/mol. The summed E-state index contributed by atoms with van der Waals surface area (Å²) in [6.45, 7) is 2.55. The number of carbonyl (C=O) groups is 2. The van der Waals surface area contributed by atoms with Crippen LogP contribution < -0.4 is 5.32 Å². The van der Waals surface area contributed by atoms with Crippen LogP contribution in [0.15, 0.2) is 39.6 Å². The van der Waals surface area contributed by atoms with Gasteiger partial charge >= 0.3 is 0 Å².